The van der Waals surface area contributed by atoms with Gasteiger partial charge in [-0.15, -0.1) is 0 Å². The molecule has 0 atom stereocenters. The first-order valence-corrected chi connectivity index (χ1v) is 5.12. The molecule has 0 unspecified atom stereocenters. The molecule has 3 nitrogen and oxygen atoms in total. The van der Waals surface area contributed by atoms with E-state index in [0.717, 1.165) is 18.1 Å². The molecule has 0 aliphatic carbocycles. The van der Waals surface area contributed by atoms with E-state index in [1.165, 1.54) is 12.8 Å². The number of pyridine rings is 1. The van der Waals surface area contributed by atoms with E-state index in [-0.39, 0.29) is 0 Å². The van der Waals surface area contributed by atoms with E-state index >= 15 is 0 Å². The van der Waals surface area contributed by atoms with Gasteiger partial charge in [0.25, 0.3) is 0 Å². The largest absolute Gasteiger partial charge is 0.382 e. The summed E-state index contributed by atoms with van der Waals surface area (Å²) in [6, 6.07) is 4.03. The lowest BCUT2D eigenvalue weighted by atomic mass is 10.3. The number of anilines is 2. The van der Waals surface area contributed by atoms with Crippen LogP contribution in [0, 0.1) is 0 Å². The van der Waals surface area contributed by atoms with Crippen LogP contribution in [0.2, 0.25) is 0 Å². The number of nitrogens with zero attached hydrogens (tertiary/aromatic N) is 2. The van der Waals surface area contributed by atoms with Gasteiger partial charge < -0.3 is 10.2 Å². The van der Waals surface area contributed by atoms with Crippen LogP contribution in [0.5, 0.6) is 0 Å². The molecule has 0 radical (unpaired) electrons. The third-order valence-electron chi connectivity index (χ3n) is 2.06. The van der Waals surface area contributed by atoms with Gasteiger partial charge in [-0.3, -0.25) is 0 Å². The minimum atomic E-state index is 1.00. The van der Waals surface area contributed by atoms with Crippen molar-refractivity contribution in [3.63, 3.8) is 0 Å². The van der Waals surface area contributed by atoms with Crippen molar-refractivity contribution in [1.82, 2.24) is 4.98 Å². The molecule has 0 saturated carbocycles. The van der Waals surface area contributed by atoms with Gasteiger partial charge in [0.05, 0.1) is 5.69 Å². The molecule has 0 amide bonds. The summed E-state index contributed by atoms with van der Waals surface area (Å²) in [4.78, 5) is 6.34. The molecule has 0 aliphatic rings. The standard InChI is InChI=1S/C11H19N3/c1-4-5-8-12-10-7-6-9-13-11(10)14(2)3/h6-7,9,12H,4-5,8H2,1-3H3. The molecule has 1 aromatic heterocycles. The first-order valence-electron chi connectivity index (χ1n) is 5.12. The summed E-state index contributed by atoms with van der Waals surface area (Å²) in [5, 5.41) is 3.39. The van der Waals surface area contributed by atoms with Crippen LogP contribution >= 0.6 is 0 Å². The fourth-order valence-corrected chi connectivity index (χ4v) is 1.29. The van der Waals surface area contributed by atoms with Gasteiger partial charge in [-0.05, 0) is 18.6 Å². The number of hydrogen-bond acceptors (Lipinski definition) is 3. The van der Waals surface area contributed by atoms with Crippen molar-refractivity contribution in [3.8, 4) is 0 Å². The predicted molar refractivity (Wildman–Crippen MR) is 62.0 cm³/mol. The Bertz CT molecular complexity index is 271. The molecule has 1 aromatic rings. The normalized spacial score (nSPS) is 9.93. The molecule has 1 N–H and O–H groups in total. The second-order valence-electron chi connectivity index (χ2n) is 3.55. The van der Waals surface area contributed by atoms with Gasteiger partial charge in [0.2, 0.25) is 0 Å². The van der Waals surface area contributed by atoms with Crippen LogP contribution < -0.4 is 10.2 Å². The van der Waals surface area contributed by atoms with Crippen LogP contribution in [0.3, 0.4) is 0 Å². The number of hydrogen-bond donors (Lipinski definition) is 1. The topological polar surface area (TPSA) is 28.2 Å². The first-order chi connectivity index (χ1) is 6.75. The maximum absolute atomic E-state index is 4.32. The second kappa shape index (κ2) is 5.47. The molecule has 0 saturated heterocycles. The zero-order valence-electron chi connectivity index (χ0n) is 9.25. The summed E-state index contributed by atoms with van der Waals surface area (Å²) in [6.07, 6.45) is 4.23. The highest BCUT2D eigenvalue weighted by atomic mass is 15.2. The molecule has 0 fully saturated rings. The molecule has 78 valence electrons. The monoisotopic (exact) mass is 193 g/mol. The maximum Gasteiger partial charge on any atom is 0.151 e. The Hall–Kier alpha value is -1.25. The summed E-state index contributed by atoms with van der Waals surface area (Å²) >= 11 is 0. The summed E-state index contributed by atoms with van der Waals surface area (Å²) in [5.74, 6) is 1.00. The third kappa shape index (κ3) is 2.91. The molecular weight excluding hydrogens is 174 g/mol. The Morgan fingerprint density at radius 2 is 2.21 bits per heavy atom. The van der Waals surface area contributed by atoms with Gasteiger partial charge in [-0.1, -0.05) is 13.3 Å². The van der Waals surface area contributed by atoms with Gasteiger partial charge in [0, 0.05) is 26.8 Å². The summed E-state index contributed by atoms with van der Waals surface area (Å²) in [7, 11) is 4.01. The van der Waals surface area contributed by atoms with Crippen LogP contribution in [0.15, 0.2) is 18.3 Å². The second-order valence-corrected chi connectivity index (χ2v) is 3.55. The van der Waals surface area contributed by atoms with Crippen molar-refractivity contribution in [1.29, 1.82) is 0 Å². The van der Waals surface area contributed by atoms with E-state index in [9.17, 15) is 0 Å². The van der Waals surface area contributed by atoms with Crippen molar-refractivity contribution >= 4 is 11.5 Å². The number of unbranched alkanes of at least 4 members (excludes halogenated alkanes) is 1. The fourth-order valence-electron chi connectivity index (χ4n) is 1.29. The van der Waals surface area contributed by atoms with Crippen molar-refractivity contribution < 1.29 is 0 Å². The molecule has 3 heteroatoms. The van der Waals surface area contributed by atoms with Gasteiger partial charge in [-0.25, -0.2) is 4.98 Å². The van der Waals surface area contributed by atoms with Crippen molar-refractivity contribution in [3.05, 3.63) is 18.3 Å². The molecule has 14 heavy (non-hydrogen) atoms. The van der Waals surface area contributed by atoms with E-state index in [4.69, 9.17) is 0 Å². The predicted octanol–water partition coefficient (Wildman–Crippen LogP) is 2.36. The highest BCUT2D eigenvalue weighted by Crippen LogP contribution is 2.19. The Labute approximate surface area is 86.2 Å². The average molecular weight is 193 g/mol. The number of nitrogens with one attached hydrogen (secondary N) is 1. The molecule has 0 bridgehead atoms. The Balaban J connectivity index is 2.64. The summed E-state index contributed by atoms with van der Waals surface area (Å²) in [6.45, 7) is 3.21. The van der Waals surface area contributed by atoms with Crippen molar-refractivity contribution in [2.24, 2.45) is 0 Å². The van der Waals surface area contributed by atoms with Crippen LogP contribution in [-0.2, 0) is 0 Å². The van der Waals surface area contributed by atoms with Gasteiger partial charge >= 0.3 is 0 Å². The molecule has 1 rings (SSSR count). The quantitative estimate of drug-likeness (QED) is 0.728. The molecule has 0 spiro atoms. The Kier molecular flexibility index (Phi) is 4.23. The van der Waals surface area contributed by atoms with Gasteiger partial charge in [0.1, 0.15) is 0 Å². The Morgan fingerprint density at radius 1 is 1.43 bits per heavy atom. The van der Waals surface area contributed by atoms with Gasteiger partial charge in [-0.2, -0.15) is 0 Å². The molecule has 1 heterocycles. The van der Waals surface area contributed by atoms with E-state index in [2.05, 4.69) is 23.3 Å². The fraction of sp³-hybridized carbons (Fsp3) is 0.545. The minimum Gasteiger partial charge on any atom is -0.382 e. The molecular formula is C11H19N3. The minimum absolute atomic E-state index is 1.00. The molecule has 0 aliphatic heterocycles. The van der Waals surface area contributed by atoms with E-state index in [1.807, 2.05) is 31.3 Å². The lowest BCUT2D eigenvalue weighted by Gasteiger charge is -2.16. The Morgan fingerprint density at radius 3 is 2.86 bits per heavy atom. The van der Waals surface area contributed by atoms with Crippen LogP contribution in [0.25, 0.3) is 0 Å². The zero-order valence-corrected chi connectivity index (χ0v) is 9.25. The van der Waals surface area contributed by atoms with Crippen LogP contribution in [0.1, 0.15) is 19.8 Å². The SMILES string of the molecule is CCCCNc1cccnc1N(C)C. The lowest BCUT2D eigenvalue weighted by molar-refractivity contribution is 0.833. The number of aromatic nitrogens is 1. The zero-order chi connectivity index (χ0) is 10.4. The third-order valence-corrected chi connectivity index (χ3v) is 2.06. The molecule has 0 aromatic carbocycles. The van der Waals surface area contributed by atoms with Crippen LogP contribution in [0.4, 0.5) is 11.5 Å². The maximum atomic E-state index is 4.32. The van der Waals surface area contributed by atoms with E-state index < -0.39 is 0 Å². The lowest BCUT2D eigenvalue weighted by Crippen LogP contribution is -2.14. The van der Waals surface area contributed by atoms with E-state index in [1.54, 1.807) is 0 Å². The van der Waals surface area contributed by atoms with Gasteiger partial charge in [0.15, 0.2) is 5.82 Å². The van der Waals surface area contributed by atoms with Crippen LogP contribution in [-0.4, -0.2) is 25.6 Å². The summed E-state index contributed by atoms with van der Waals surface area (Å²) < 4.78 is 0. The number of rotatable bonds is 5. The van der Waals surface area contributed by atoms with Crippen molar-refractivity contribution in [2.45, 2.75) is 19.8 Å². The van der Waals surface area contributed by atoms with E-state index in [0.29, 0.717) is 0 Å². The van der Waals surface area contributed by atoms with Crippen molar-refractivity contribution in [2.75, 3.05) is 30.9 Å². The highest BCUT2D eigenvalue weighted by Gasteiger charge is 2.03. The average Bonchev–Trinajstić information content (AvgIpc) is 2.19. The first kappa shape index (κ1) is 10.8. The summed E-state index contributed by atoms with van der Waals surface area (Å²) in [5.41, 5.74) is 1.12. The smallest absolute Gasteiger partial charge is 0.151 e. The highest BCUT2D eigenvalue weighted by molar-refractivity contribution is 5.64.